The molecule has 0 aliphatic rings. The lowest BCUT2D eigenvalue weighted by Gasteiger charge is -2.10. The van der Waals surface area contributed by atoms with Crippen molar-refractivity contribution in [2.24, 2.45) is 0 Å². The van der Waals surface area contributed by atoms with Crippen molar-refractivity contribution in [3.05, 3.63) is 91.0 Å². The Bertz CT molecular complexity index is 1440. The molecular formula is C27H21N3O4. The lowest BCUT2D eigenvalue weighted by atomic mass is 10.1. The Balaban J connectivity index is 1.29. The number of benzene rings is 4. The molecule has 0 saturated carbocycles. The van der Waals surface area contributed by atoms with Crippen LogP contribution in [0.15, 0.2) is 95.5 Å². The van der Waals surface area contributed by atoms with Gasteiger partial charge in [-0.3, -0.25) is 4.79 Å². The van der Waals surface area contributed by atoms with Crippen molar-refractivity contribution < 1.29 is 18.8 Å². The summed E-state index contributed by atoms with van der Waals surface area (Å²) < 4.78 is 16.4. The first-order chi connectivity index (χ1) is 16.7. The number of fused-ring (bicyclic) bond motifs is 1. The molecule has 0 bridgehead atoms. The summed E-state index contributed by atoms with van der Waals surface area (Å²) in [7, 11) is 1.61. The lowest BCUT2D eigenvalue weighted by Crippen LogP contribution is -2.20. The normalized spacial score (nSPS) is 10.7. The molecule has 7 nitrogen and oxygen atoms in total. The third-order valence-corrected chi connectivity index (χ3v) is 5.30. The fourth-order valence-electron chi connectivity index (χ4n) is 3.56. The number of ether oxygens (including phenoxy) is 2. The average Bonchev–Trinajstić information content (AvgIpc) is 3.38. The van der Waals surface area contributed by atoms with Crippen LogP contribution in [0.25, 0.3) is 33.6 Å². The summed E-state index contributed by atoms with van der Waals surface area (Å²) in [6, 6.07) is 28.3. The molecule has 34 heavy (non-hydrogen) atoms. The minimum atomic E-state index is -0.296. The maximum absolute atomic E-state index is 12.6. The molecule has 0 aliphatic heterocycles. The summed E-state index contributed by atoms with van der Waals surface area (Å²) in [4.78, 5) is 17.1. The molecule has 0 fully saturated rings. The zero-order valence-corrected chi connectivity index (χ0v) is 18.4. The molecular weight excluding hydrogens is 430 g/mol. The average molecular weight is 451 g/mol. The van der Waals surface area contributed by atoms with Crippen LogP contribution >= 0.6 is 0 Å². The van der Waals surface area contributed by atoms with Gasteiger partial charge in [0.05, 0.1) is 18.4 Å². The molecule has 1 N–H and O–H groups in total. The largest absolute Gasteiger partial charge is 0.497 e. The number of nitrogens with zero attached hydrogens (tertiary/aromatic N) is 2. The highest BCUT2D eigenvalue weighted by molar-refractivity contribution is 5.95. The highest BCUT2D eigenvalue weighted by atomic mass is 16.5. The maximum atomic E-state index is 12.6. The Hall–Kier alpha value is -4.65. The van der Waals surface area contributed by atoms with Crippen LogP contribution in [-0.4, -0.2) is 29.8 Å². The van der Waals surface area contributed by atoms with Crippen molar-refractivity contribution in [2.75, 3.05) is 19.0 Å². The summed E-state index contributed by atoms with van der Waals surface area (Å²) in [5, 5.41) is 9.11. The van der Waals surface area contributed by atoms with Gasteiger partial charge in [-0.25, -0.2) is 0 Å². The Morgan fingerprint density at radius 1 is 0.882 bits per heavy atom. The van der Waals surface area contributed by atoms with Crippen molar-refractivity contribution in [1.29, 1.82) is 0 Å². The number of amides is 1. The van der Waals surface area contributed by atoms with Crippen LogP contribution in [0, 0.1) is 0 Å². The monoisotopic (exact) mass is 451 g/mol. The second-order valence-electron chi connectivity index (χ2n) is 7.54. The van der Waals surface area contributed by atoms with Crippen LogP contribution in [0.4, 0.5) is 5.69 Å². The van der Waals surface area contributed by atoms with E-state index in [1.165, 1.54) is 0 Å². The third kappa shape index (κ3) is 4.59. The Morgan fingerprint density at radius 2 is 1.62 bits per heavy atom. The van der Waals surface area contributed by atoms with Crippen LogP contribution in [0.2, 0.25) is 0 Å². The van der Waals surface area contributed by atoms with Gasteiger partial charge in [0.1, 0.15) is 11.5 Å². The second-order valence-corrected chi connectivity index (χ2v) is 7.54. The van der Waals surface area contributed by atoms with Crippen molar-refractivity contribution in [2.45, 2.75) is 0 Å². The van der Waals surface area contributed by atoms with Crippen LogP contribution < -0.4 is 14.8 Å². The van der Waals surface area contributed by atoms with E-state index < -0.39 is 0 Å². The molecule has 0 atom stereocenters. The van der Waals surface area contributed by atoms with Crippen LogP contribution in [0.3, 0.4) is 0 Å². The van der Waals surface area contributed by atoms with Gasteiger partial charge < -0.3 is 19.3 Å². The molecule has 0 saturated heterocycles. The van der Waals surface area contributed by atoms with E-state index in [4.69, 9.17) is 14.0 Å². The first-order valence-corrected chi connectivity index (χ1v) is 10.7. The predicted molar refractivity (Wildman–Crippen MR) is 130 cm³/mol. The number of para-hydroxylation sites is 1. The van der Waals surface area contributed by atoms with E-state index in [9.17, 15) is 4.79 Å². The van der Waals surface area contributed by atoms with Crippen molar-refractivity contribution >= 4 is 22.4 Å². The molecule has 1 heterocycles. The number of carbonyl (C=O) groups excluding carboxylic acids is 1. The van der Waals surface area contributed by atoms with Crippen LogP contribution in [0.5, 0.6) is 11.5 Å². The minimum Gasteiger partial charge on any atom is -0.497 e. The zero-order valence-electron chi connectivity index (χ0n) is 18.4. The van der Waals surface area contributed by atoms with Crippen molar-refractivity contribution in [3.63, 3.8) is 0 Å². The number of hydrogen-bond acceptors (Lipinski definition) is 6. The summed E-state index contributed by atoms with van der Waals surface area (Å²) in [5.74, 6) is 1.82. The number of aromatic nitrogens is 2. The van der Waals surface area contributed by atoms with E-state index in [1.807, 2.05) is 84.9 Å². The second kappa shape index (κ2) is 9.46. The van der Waals surface area contributed by atoms with E-state index in [2.05, 4.69) is 15.5 Å². The van der Waals surface area contributed by atoms with E-state index in [0.29, 0.717) is 28.7 Å². The Kier molecular flexibility index (Phi) is 5.90. The highest BCUT2D eigenvalue weighted by Gasteiger charge is 2.16. The van der Waals surface area contributed by atoms with Gasteiger partial charge in [-0.05, 0) is 59.3 Å². The Labute approximate surface area is 196 Å². The predicted octanol–water partition coefficient (Wildman–Crippen LogP) is 5.58. The molecule has 5 rings (SSSR count). The van der Waals surface area contributed by atoms with Gasteiger partial charge >= 0.3 is 0 Å². The smallest absolute Gasteiger partial charge is 0.262 e. The number of nitrogens with one attached hydrogen (secondary N) is 1. The molecule has 0 unspecified atom stereocenters. The number of methoxy groups -OCH3 is 1. The SMILES string of the molecule is COc1ccc(-c2noc(-c3ccccc3NC(=O)COc3ccc4ccccc4c3)n2)cc1. The van der Waals surface area contributed by atoms with Gasteiger partial charge in [-0.15, -0.1) is 0 Å². The van der Waals surface area contributed by atoms with E-state index in [-0.39, 0.29) is 12.5 Å². The van der Waals surface area contributed by atoms with Crippen molar-refractivity contribution in [3.8, 4) is 34.3 Å². The zero-order chi connectivity index (χ0) is 23.3. The topological polar surface area (TPSA) is 86.5 Å². The molecule has 1 aromatic heterocycles. The van der Waals surface area contributed by atoms with Crippen LogP contribution in [0.1, 0.15) is 0 Å². The van der Waals surface area contributed by atoms with Gasteiger partial charge in [-0.1, -0.05) is 47.6 Å². The van der Waals surface area contributed by atoms with Crippen molar-refractivity contribution in [1.82, 2.24) is 10.1 Å². The van der Waals surface area contributed by atoms with Gasteiger partial charge in [-0.2, -0.15) is 4.98 Å². The number of anilines is 1. The molecule has 0 aliphatic carbocycles. The van der Waals surface area contributed by atoms with E-state index in [0.717, 1.165) is 22.1 Å². The standard InChI is InChI=1S/C27H21N3O4/c1-32-21-13-11-19(12-14-21)26-29-27(34-30-26)23-8-4-5-9-24(23)28-25(31)17-33-22-15-10-18-6-2-3-7-20(18)16-22/h2-16H,17H2,1H3,(H,28,31). The first-order valence-electron chi connectivity index (χ1n) is 10.7. The lowest BCUT2D eigenvalue weighted by molar-refractivity contribution is -0.118. The molecule has 1 amide bonds. The summed E-state index contributed by atoms with van der Waals surface area (Å²) in [5.41, 5.74) is 1.97. The fraction of sp³-hybridized carbons (Fsp3) is 0.0741. The van der Waals surface area contributed by atoms with Gasteiger partial charge in [0.2, 0.25) is 5.82 Å². The van der Waals surface area contributed by atoms with Crippen LogP contribution in [-0.2, 0) is 4.79 Å². The summed E-state index contributed by atoms with van der Waals surface area (Å²) >= 11 is 0. The van der Waals surface area contributed by atoms with Gasteiger partial charge in [0, 0.05) is 5.56 Å². The van der Waals surface area contributed by atoms with Gasteiger partial charge in [0.15, 0.2) is 6.61 Å². The molecule has 7 heteroatoms. The number of carbonyl (C=O) groups is 1. The molecule has 0 spiro atoms. The minimum absolute atomic E-state index is 0.131. The summed E-state index contributed by atoms with van der Waals surface area (Å²) in [6.45, 7) is -0.131. The third-order valence-electron chi connectivity index (χ3n) is 5.30. The number of rotatable bonds is 7. The highest BCUT2D eigenvalue weighted by Crippen LogP contribution is 2.29. The Morgan fingerprint density at radius 3 is 2.44 bits per heavy atom. The van der Waals surface area contributed by atoms with E-state index >= 15 is 0 Å². The fourth-order valence-corrected chi connectivity index (χ4v) is 3.56. The summed E-state index contributed by atoms with van der Waals surface area (Å²) in [6.07, 6.45) is 0. The first kappa shape index (κ1) is 21.2. The maximum Gasteiger partial charge on any atom is 0.262 e. The molecule has 4 aromatic carbocycles. The molecule has 5 aromatic rings. The molecule has 168 valence electrons. The number of hydrogen-bond donors (Lipinski definition) is 1. The van der Waals surface area contributed by atoms with E-state index in [1.54, 1.807) is 13.2 Å². The van der Waals surface area contributed by atoms with Gasteiger partial charge in [0.25, 0.3) is 11.8 Å². The molecule has 0 radical (unpaired) electrons. The quantitative estimate of drug-likeness (QED) is 0.347.